The number of aryl methyl sites for hydroxylation is 1. The fraction of sp³-hybridized carbons (Fsp3) is 0.688. The molecule has 2 unspecified atom stereocenters. The zero-order valence-corrected chi connectivity index (χ0v) is 12.2. The SMILES string of the molecule is Cc1cccc(C(N)C2CCOC3(CCOCC3)C2)n1. The number of nitrogens with two attached hydrogens (primary N) is 1. The molecule has 3 rings (SSSR count). The van der Waals surface area contributed by atoms with Crippen LogP contribution in [-0.4, -0.2) is 30.4 Å². The van der Waals surface area contributed by atoms with Gasteiger partial charge in [-0.1, -0.05) is 6.07 Å². The quantitative estimate of drug-likeness (QED) is 0.901. The van der Waals surface area contributed by atoms with E-state index in [2.05, 4.69) is 4.98 Å². The van der Waals surface area contributed by atoms with Crippen LogP contribution >= 0.6 is 0 Å². The molecule has 4 nitrogen and oxygen atoms in total. The van der Waals surface area contributed by atoms with Crippen LogP contribution in [0.3, 0.4) is 0 Å². The van der Waals surface area contributed by atoms with E-state index in [1.807, 2.05) is 25.1 Å². The Labute approximate surface area is 120 Å². The number of nitrogens with zero attached hydrogens (tertiary/aromatic N) is 1. The summed E-state index contributed by atoms with van der Waals surface area (Å²) in [6, 6.07) is 6.11. The molecule has 2 aliphatic rings. The van der Waals surface area contributed by atoms with Crippen molar-refractivity contribution in [1.82, 2.24) is 4.98 Å². The predicted molar refractivity (Wildman–Crippen MR) is 77.4 cm³/mol. The van der Waals surface area contributed by atoms with Gasteiger partial charge in [0.25, 0.3) is 0 Å². The molecule has 0 bridgehead atoms. The summed E-state index contributed by atoms with van der Waals surface area (Å²) in [7, 11) is 0. The number of pyridine rings is 1. The standard InChI is InChI=1S/C16H24N2O2/c1-12-3-2-4-14(18-12)15(17)13-5-8-20-16(11-13)6-9-19-10-7-16/h2-4,13,15H,5-11,17H2,1H3. The molecule has 1 aromatic rings. The summed E-state index contributed by atoms with van der Waals surface area (Å²) in [6.45, 7) is 4.44. The second-order valence-corrected chi connectivity index (χ2v) is 6.13. The van der Waals surface area contributed by atoms with Crippen molar-refractivity contribution in [3.63, 3.8) is 0 Å². The van der Waals surface area contributed by atoms with E-state index in [4.69, 9.17) is 15.2 Å². The van der Waals surface area contributed by atoms with Crippen LogP contribution < -0.4 is 5.73 Å². The van der Waals surface area contributed by atoms with E-state index >= 15 is 0 Å². The number of ether oxygens (including phenoxy) is 2. The molecule has 2 atom stereocenters. The van der Waals surface area contributed by atoms with Crippen molar-refractivity contribution < 1.29 is 9.47 Å². The molecule has 0 saturated carbocycles. The maximum absolute atomic E-state index is 6.48. The molecule has 2 N–H and O–H groups in total. The molecular weight excluding hydrogens is 252 g/mol. The van der Waals surface area contributed by atoms with Gasteiger partial charge in [0.05, 0.1) is 17.3 Å². The van der Waals surface area contributed by atoms with Gasteiger partial charge in [0.15, 0.2) is 0 Å². The Morgan fingerprint density at radius 1 is 1.30 bits per heavy atom. The number of hydrogen-bond donors (Lipinski definition) is 1. The molecule has 3 heterocycles. The second kappa shape index (κ2) is 5.80. The van der Waals surface area contributed by atoms with Crippen LogP contribution in [0.1, 0.15) is 43.1 Å². The highest BCUT2D eigenvalue weighted by atomic mass is 16.5. The molecule has 0 aliphatic carbocycles. The molecule has 2 aliphatic heterocycles. The van der Waals surface area contributed by atoms with Crippen molar-refractivity contribution >= 4 is 0 Å². The van der Waals surface area contributed by atoms with Crippen LogP contribution in [0.4, 0.5) is 0 Å². The summed E-state index contributed by atoms with van der Waals surface area (Å²) in [5, 5.41) is 0. The van der Waals surface area contributed by atoms with Gasteiger partial charge < -0.3 is 15.2 Å². The molecule has 0 amide bonds. The van der Waals surface area contributed by atoms with Gasteiger partial charge in [0.2, 0.25) is 0 Å². The van der Waals surface area contributed by atoms with E-state index in [0.29, 0.717) is 5.92 Å². The number of hydrogen-bond acceptors (Lipinski definition) is 4. The molecule has 4 heteroatoms. The lowest BCUT2D eigenvalue weighted by Crippen LogP contribution is -2.46. The first-order valence-electron chi connectivity index (χ1n) is 7.59. The molecule has 1 aromatic heterocycles. The van der Waals surface area contributed by atoms with Crippen molar-refractivity contribution in [2.45, 2.75) is 44.2 Å². The molecule has 1 spiro atoms. The van der Waals surface area contributed by atoms with Crippen molar-refractivity contribution in [2.75, 3.05) is 19.8 Å². The maximum Gasteiger partial charge on any atom is 0.0729 e. The van der Waals surface area contributed by atoms with Crippen LogP contribution in [-0.2, 0) is 9.47 Å². The van der Waals surface area contributed by atoms with E-state index in [1.54, 1.807) is 0 Å². The lowest BCUT2D eigenvalue weighted by atomic mass is 9.77. The molecule has 2 saturated heterocycles. The Morgan fingerprint density at radius 3 is 2.85 bits per heavy atom. The van der Waals surface area contributed by atoms with Gasteiger partial charge in [-0.15, -0.1) is 0 Å². The van der Waals surface area contributed by atoms with Crippen LogP contribution in [0.2, 0.25) is 0 Å². The summed E-state index contributed by atoms with van der Waals surface area (Å²) in [5.41, 5.74) is 8.53. The van der Waals surface area contributed by atoms with E-state index in [1.165, 1.54) is 0 Å². The Hall–Kier alpha value is -0.970. The second-order valence-electron chi connectivity index (χ2n) is 6.13. The highest BCUT2D eigenvalue weighted by molar-refractivity contribution is 5.14. The monoisotopic (exact) mass is 276 g/mol. The smallest absolute Gasteiger partial charge is 0.0729 e. The third-order valence-corrected chi connectivity index (χ3v) is 4.69. The normalized spacial score (nSPS) is 27.4. The fourth-order valence-electron chi connectivity index (χ4n) is 3.46. The van der Waals surface area contributed by atoms with E-state index in [-0.39, 0.29) is 11.6 Å². The summed E-state index contributed by atoms with van der Waals surface area (Å²) in [6.07, 6.45) is 4.06. The van der Waals surface area contributed by atoms with Crippen LogP contribution in [0.25, 0.3) is 0 Å². The summed E-state index contributed by atoms with van der Waals surface area (Å²) < 4.78 is 11.6. The Balaban J connectivity index is 1.73. The lowest BCUT2D eigenvalue weighted by molar-refractivity contribution is -0.149. The maximum atomic E-state index is 6.48. The molecular formula is C16H24N2O2. The highest BCUT2D eigenvalue weighted by Crippen LogP contribution is 2.40. The average molecular weight is 276 g/mol. The summed E-state index contributed by atoms with van der Waals surface area (Å²) in [5.74, 6) is 0.455. The number of aromatic nitrogens is 1. The van der Waals surface area contributed by atoms with E-state index in [0.717, 1.165) is 56.9 Å². The van der Waals surface area contributed by atoms with Crippen LogP contribution in [0, 0.1) is 12.8 Å². The first kappa shape index (κ1) is 14.0. The van der Waals surface area contributed by atoms with Crippen molar-refractivity contribution in [3.8, 4) is 0 Å². The minimum atomic E-state index is 0.00259. The minimum Gasteiger partial charge on any atom is -0.381 e. The Bertz CT molecular complexity index is 452. The zero-order chi connectivity index (χ0) is 14.0. The van der Waals surface area contributed by atoms with Gasteiger partial charge in [-0.3, -0.25) is 4.98 Å². The third kappa shape index (κ3) is 2.87. The molecule has 0 radical (unpaired) electrons. The Morgan fingerprint density at radius 2 is 2.10 bits per heavy atom. The fourth-order valence-corrected chi connectivity index (χ4v) is 3.46. The predicted octanol–water partition coefficient (Wildman–Crippen LogP) is 2.37. The van der Waals surface area contributed by atoms with Gasteiger partial charge in [-0.25, -0.2) is 0 Å². The highest BCUT2D eigenvalue weighted by Gasteiger charge is 2.41. The van der Waals surface area contributed by atoms with Gasteiger partial charge in [0.1, 0.15) is 0 Å². The minimum absolute atomic E-state index is 0.00259. The van der Waals surface area contributed by atoms with Gasteiger partial charge >= 0.3 is 0 Å². The molecule has 110 valence electrons. The van der Waals surface area contributed by atoms with Crippen molar-refractivity contribution in [3.05, 3.63) is 29.6 Å². The van der Waals surface area contributed by atoms with Gasteiger partial charge in [0, 0.05) is 25.5 Å². The lowest BCUT2D eigenvalue weighted by Gasteiger charge is -2.44. The van der Waals surface area contributed by atoms with Crippen molar-refractivity contribution in [2.24, 2.45) is 11.7 Å². The van der Waals surface area contributed by atoms with Crippen LogP contribution in [0.15, 0.2) is 18.2 Å². The number of rotatable bonds is 2. The van der Waals surface area contributed by atoms with Gasteiger partial charge in [-0.2, -0.15) is 0 Å². The molecule has 20 heavy (non-hydrogen) atoms. The summed E-state index contributed by atoms with van der Waals surface area (Å²) >= 11 is 0. The first-order valence-corrected chi connectivity index (χ1v) is 7.59. The van der Waals surface area contributed by atoms with Gasteiger partial charge in [-0.05, 0) is 50.7 Å². The van der Waals surface area contributed by atoms with E-state index < -0.39 is 0 Å². The average Bonchev–Trinajstić information content (AvgIpc) is 2.47. The Kier molecular flexibility index (Phi) is 4.06. The topological polar surface area (TPSA) is 57.4 Å². The van der Waals surface area contributed by atoms with Crippen molar-refractivity contribution in [1.29, 1.82) is 0 Å². The van der Waals surface area contributed by atoms with Crippen LogP contribution in [0.5, 0.6) is 0 Å². The largest absolute Gasteiger partial charge is 0.381 e. The zero-order valence-electron chi connectivity index (χ0n) is 12.2. The molecule has 0 aromatic carbocycles. The summed E-state index contributed by atoms with van der Waals surface area (Å²) in [4.78, 5) is 4.59. The van der Waals surface area contributed by atoms with E-state index in [9.17, 15) is 0 Å². The first-order chi connectivity index (χ1) is 9.69. The third-order valence-electron chi connectivity index (χ3n) is 4.69. The molecule has 2 fully saturated rings.